The molecule has 1 aliphatic heterocycles. The summed E-state index contributed by atoms with van der Waals surface area (Å²) in [5, 5.41) is 26.4. The minimum Gasteiger partial charge on any atom is -0.387 e. The van der Waals surface area contributed by atoms with Crippen molar-refractivity contribution in [3.63, 3.8) is 0 Å². The summed E-state index contributed by atoms with van der Waals surface area (Å²) < 4.78 is 60.8. The number of alkyl halides is 2. The molecule has 1 fully saturated rings. The zero-order valence-corrected chi connectivity index (χ0v) is 22.0. The molecular weight excluding hydrogens is 592 g/mol. The van der Waals surface area contributed by atoms with Gasteiger partial charge in [-0.3, -0.25) is 9.13 Å². The maximum absolute atomic E-state index is 13.7. The molecular formula is C19H21ClF2N6O9P2. The number of aromatic nitrogens is 5. The van der Waals surface area contributed by atoms with Gasteiger partial charge in [0.2, 0.25) is 5.28 Å². The van der Waals surface area contributed by atoms with Crippen molar-refractivity contribution >= 4 is 43.8 Å². The van der Waals surface area contributed by atoms with Crippen molar-refractivity contribution in [2.45, 2.75) is 48.8 Å². The van der Waals surface area contributed by atoms with E-state index >= 15 is 0 Å². The van der Waals surface area contributed by atoms with E-state index in [1.54, 1.807) is 0 Å². The molecule has 3 aromatic rings. The van der Waals surface area contributed by atoms with E-state index in [1.165, 1.54) is 5.56 Å². The fourth-order valence-electron chi connectivity index (χ4n) is 4.43. The zero-order valence-electron chi connectivity index (χ0n) is 19.5. The van der Waals surface area contributed by atoms with E-state index in [1.807, 2.05) is 24.3 Å². The molecule has 3 heterocycles. The fourth-order valence-corrected chi connectivity index (χ4v) is 6.59. The second-order valence-electron chi connectivity index (χ2n) is 8.90. The van der Waals surface area contributed by atoms with Gasteiger partial charge >= 0.3 is 20.6 Å². The van der Waals surface area contributed by atoms with Crippen LogP contribution in [0.2, 0.25) is 5.28 Å². The highest BCUT2D eigenvalue weighted by atomic mass is 35.5. The lowest BCUT2D eigenvalue weighted by Gasteiger charge is -2.24. The summed E-state index contributed by atoms with van der Waals surface area (Å²) in [6.07, 6.45) is -5.26. The van der Waals surface area contributed by atoms with Crippen LogP contribution in [0.4, 0.5) is 14.6 Å². The Hall–Kier alpha value is -2.17. The van der Waals surface area contributed by atoms with Gasteiger partial charge in [0, 0.05) is 0 Å². The molecule has 0 amide bonds. The highest BCUT2D eigenvalue weighted by molar-refractivity contribution is 7.72. The summed E-state index contributed by atoms with van der Waals surface area (Å²) in [7, 11) is -12.6. The Morgan fingerprint density at radius 3 is 2.62 bits per heavy atom. The first-order chi connectivity index (χ1) is 18.2. The van der Waals surface area contributed by atoms with Gasteiger partial charge in [0.05, 0.1) is 12.6 Å². The highest BCUT2D eigenvalue weighted by Crippen LogP contribution is 2.73. The lowest BCUT2D eigenvalue weighted by molar-refractivity contribution is -0.0570. The summed E-state index contributed by atoms with van der Waals surface area (Å²) in [6, 6.07) is 7.73. The second kappa shape index (κ2) is 10.0. The minimum absolute atomic E-state index is 0.0255. The third-order valence-electron chi connectivity index (χ3n) is 6.42. The molecule has 2 aromatic heterocycles. The SMILES string of the molecule is O=P(O)(O)C(F)(F)P(=O)(O)OC[C@H]1O[C@@H](n2nnc3c(N[C@@H]4CCc5ccccc54)nc(Cl)nc32)[C@H](O)[C@@H]1O. The average molecular weight is 613 g/mol. The Morgan fingerprint density at radius 1 is 1.18 bits per heavy atom. The molecule has 212 valence electrons. The second-order valence-corrected chi connectivity index (χ2v) is 13.1. The molecule has 39 heavy (non-hydrogen) atoms. The van der Waals surface area contributed by atoms with Crippen LogP contribution in [0.3, 0.4) is 0 Å². The molecule has 1 unspecified atom stereocenters. The number of ether oxygens (including phenoxy) is 1. The summed E-state index contributed by atoms with van der Waals surface area (Å²) >= 11 is 6.12. The third-order valence-corrected chi connectivity index (χ3v) is 10.0. The predicted octanol–water partition coefficient (Wildman–Crippen LogP) is 1.52. The number of halogens is 3. The van der Waals surface area contributed by atoms with Crippen molar-refractivity contribution in [2.75, 3.05) is 11.9 Å². The Morgan fingerprint density at radius 2 is 1.90 bits per heavy atom. The van der Waals surface area contributed by atoms with Gasteiger partial charge in [-0.15, -0.1) is 5.10 Å². The molecule has 5 rings (SSSR count). The lowest BCUT2D eigenvalue weighted by Crippen LogP contribution is -2.34. The molecule has 1 aliphatic carbocycles. The fraction of sp³-hybridized carbons (Fsp3) is 0.474. The summed E-state index contributed by atoms with van der Waals surface area (Å²) in [5.74, 6) is 0.228. The lowest BCUT2D eigenvalue weighted by atomic mass is 10.1. The average Bonchev–Trinajstić information content (AvgIpc) is 3.54. The van der Waals surface area contributed by atoms with Gasteiger partial charge in [-0.25, -0.2) is 0 Å². The van der Waals surface area contributed by atoms with Gasteiger partial charge in [-0.2, -0.15) is 23.4 Å². The molecule has 15 nitrogen and oxygen atoms in total. The number of rotatable bonds is 8. The number of hydrogen-bond donors (Lipinski definition) is 6. The van der Waals surface area contributed by atoms with Gasteiger partial charge in [0.1, 0.15) is 18.3 Å². The van der Waals surface area contributed by atoms with Gasteiger partial charge in [0.25, 0.3) is 0 Å². The first-order valence-electron chi connectivity index (χ1n) is 11.3. The van der Waals surface area contributed by atoms with Gasteiger partial charge < -0.3 is 39.5 Å². The van der Waals surface area contributed by atoms with Crippen molar-refractivity contribution in [1.29, 1.82) is 0 Å². The van der Waals surface area contributed by atoms with E-state index in [2.05, 4.69) is 30.1 Å². The molecule has 0 spiro atoms. The first-order valence-corrected chi connectivity index (χ1v) is 14.8. The molecule has 0 bridgehead atoms. The van der Waals surface area contributed by atoms with Gasteiger partial charge in [-0.1, -0.05) is 29.5 Å². The standard InChI is InChI=1S/C19H21ClF2N6O9P2/c20-18-24-15(23-10-6-5-8-3-1-2-4-9(8)10)12-16(25-18)28(27-26-12)17-14(30)13(29)11(37-17)7-36-39(34,35)19(21,22)38(31,32)33/h1-4,10-11,13-14,17,29-30H,5-7H2,(H,34,35)(H,23,24,25)(H2,31,32,33)/t10-,11-,13-,14-,17-/m1/s1. The first kappa shape index (κ1) is 28.4. The van der Waals surface area contributed by atoms with Crippen LogP contribution in [0.5, 0.6) is 0 Å². The van der Waals surface area contributed by atoms with E-state index in [4.69, 9.17) is 26.1 Å². The van der Waals surface area contributed by atoms with Crippen LogP contribution >= 0.6 is 26.8 Å². The molecule has 1 aromatic carbocycles. The van der Waals surface area contributed by atoms with E-state index in [0.717, 1.165) is 23.1 Å². The zero-order chi connectivity index (χ0) is 28.3. The van der Waals surface area contributed by atoms with E-state index in [0.29, 0.717) is 0 Å². The van der Waals surface area contributed by atoms with E-state index in [9.17, 15) is 33.0 Å². The smallest absolute Gasteiger partial charge is 0.387 e. The number of nitrogens with one attached hydrogen (secondary N) is 1. The summed E-state index contributed by atoms with van der Waals surface area (Å²) in [4.78, 5) is 35.1. The normalized spacial score (nSPS) is 27.0. The van der Waals surface area contributed by atoms with Crippen LogP contribution in [-0.4, -0.2) is 80.2 Å². The number of aryl methyl sites for hydroxylation is 1. The number of aliphatic hydroxyl groups excluding tert-OH is 2. The van der Waals surface area contributed by atoms with Gasteiger partial charge in [0.15, 0.2) is 23.2 Å². The number of anilines is 1. The maximum Gasteiger partial charge on any atom is 0.443 e. The Kier molecular flexibility index (Phi) is 7.29. The Bertz CT molecular complexity index is 1510. The molecule has 2 aliphatic rings. The number of hydrogen-bond acceptors (Lipinski definition) is 11. The van der Waals surface area contributed by atoms with E-state index in [-0.39, 0.29) is 28.3 Å². The van der Waals surface area contributed by atoms with Crippen LogP contribution in [0.15, 0.2) is 24.3 Å². The van der Waals surface area contributed by atoms with Crippen molar-refractivity contribution in [3.05, 3.63) is 40.7 Å². The number of aliphatic hydroxyl groups is 2. The van der Waals surface area contributed by atoms with Crippen LogP contribution < -0.4 is 5.32 Å². The Labute approximate surface area is 222 Å². The van der Waals surface area contributed by atoms with Crippen molar-refractivity contribution in [2.24, 2.45) is 0 Å². The van der Waals surface area contributed by atoms with Crippen LogP contribution in [-0.2, 0) is 24.8 Å². The molecule has 20 heteroatoms. The van der Waals surface area contributed by atoms with Crippen molar-refractivity contribution in [3.8, 4) is 0 Å². The van der Waals surface area contributed by atoms with Crippen molar-refractivity contribution < 1.29 is 52.1 Å². The van der Waals surface area contributed by atoms with Crippen molar-refractivity contribution in [1.82, 2.24) is 25.0 Å². The summed E-state index contributed by atoms with van der Waals surface area (Å²) in [5.41, 5.74) is 2.35. The number of fused-ring (bicyclic) bond motifs is 2. The van der Waals surface area contributed by atoms with Crippen LogP contribution in [0, 0.1) is 0 Å². The monoisotopic (exact) mass is 612 g/mol. The third kappa shape index (κ3) is 4.97. The number of benzene rings is 1. The van der Waals surface area contributed by atoms with Gasteiger partial charge in [-0.05, 0) is 35.6 Å². The quantitative estimate of drug-likeness (QED) is 0.157. The minimum atomic E-state index is -6.38. The molecule has 0 saturated carbocycles. The predicted molar refractivity (Wildman–Crippen MR) is 128 cm³/mol. The summed E-state index contributed by atoms with van der Waals surface area (Å²) in [6.45, 7) is -1.24. The van der Waals surface area contributed by atoms with E-state index < -0.39 is 51.7 Å². The molecule has 6 atom stereocenters. The molecule has 1 saturated heterocycles. The highest BCUT2D eigenvalue weighted by Gasteiger charge is 2.65. The van der Waals surface area contributed by atoms with Crippen LogP contribution in [0.1, 0.15) is 29.8 Å². The molecule has 0 radical (unpaired) electrons. The largest absolute Gasteiger partial charge is 0.443 e. The number of nitrogens with zero attached hydrogens (tertiary/aromatic N) is 5. The topological polar surface area (TPSA) is 222 Å². The maximum atomic E-state index is 13.7. The Balaban J connectivity index is 1.37. The molecule has 6 N–H and O–H groups in total. The van der Waals surface area contributed by atoms with Crippen LogP contribution in [0.25, 0.3) is 11.2 Å².